The average molecular weight is 448 g/mol. The topological polar surface area (TPSA) is 46.0 Å². The predicted molar refractivity (Wildman–Crippen MR) is 116 cm³/mol. The van der Waals surface area contributed by atoms with Crippen LogP contribution in [0, 0.1) is 0 Å². The van der Waals surface area contributed by atoms with Crippen molar-refractivity contribution in [3.05, 3.63) is 93.2 Å². The van der Waals surface area contributed by atoms with Crippen LogP contribution < -0.4 is 0 Å². The van der Waals surface area contributed by atoms with Gasteiger partial charge in [0.25, 0.3) is 0 Å². The molecule has 140 valence electrons. The van der Waals surface area contributed by atoms with Gasteiger partial charge in [0.2, 0.25) is 0 Å². The lowest BCUT2D eigenvalue weighted by Crippen LogP contribution is -2.02. The van der Waals surface area contributed by atoms with Gasteiger partial charge < -0.3 is 5.11 Å². The monoisotopic (exact) mass is 446 g/mol. The first-order valence-electron chi connectivity index (χ1n) is 8.33. The SMILES string of the molecule is OC(c1cccnc1)c1c(-c2cccc(Cl)c2)nsc1-c1ccc(Cl)cc1Cl. The number of nitrogens with zero attached hydrogens (tertiary/aromatic N) is 2. The van der Waals surface area contributed by atoms with Gasteiger partial charge in [-0.2, -0.15) is 4.37 Å². The number of aromatic nitrogens is 2. The van der Waals surface area contributed by atoms with E-state index in [0.717, 1.165) is 16.0 Å². The third kappa shape index (κ3) is 3.79. The minimum absolute atomic E-state index is 0.494. The molecule has 0 aliphatic rings. The minimum Gasteiger partial charge on any atom is -0.383 e. The molecule has 28 heavy (non-hydrogen) atoms. The Morgan fingerprint density at radius 3 is 2.46 bits per heavy atom. The number of aliphatic hydroxyl groups excluding tert-OH is 1. The Morgan fingerprint density at radius 2 is 1.75 bits per heavy atom. The summed E-state index contributed by atoms with van der Waals surface area (Å²) in [6.45, 7) is 0. The fourth-order valence-electron chi connectivity index (χ4n) is 2.97. The average Bonchev–Trinajstić information content (AvgIpc) is 3.13. The van der Waals surface area contributed by atoms with Crippen molar-refractivity contribution >= 4 is 46.3 Å². The zero-order valence-corrected chi connectivity index (χ0v) is 17.4. The van der Waals surface area contributed by atoms with Crippen LogP contribution >= 0.6 is 46.3 Å². The number of hydrogen-bond donors (Lipinski definition) is 1. The Hall–Kier alpha value is -1.95. The van der Waals surface area contributed by atoms with Crippen molar-refractivity contribution in [1.29, 1.82) is 0 Å². The summed E-state index contributed by atoms with van der Waals surface area (Å²) in [6, 6.07) is 16.3. The Morgan fingerprint density at radius 1 is 0.929 bits per heavy atom. The standard InChI is InChI=1S/C21H13Cl3N2OS/c22-14-5-1-3-12(9-14)19-18(20(27)13-4-2-8-25-11-13)21(28-26-19)16-7-6-15(23)10-17(16)24/h1-11,20,27H. The molecule has 1 N–H and O–H groups in total. The summed E-state index contributed by atoms with van der Waals surface area (Å²) < 4.78 is 4.62. The maximum atomic E-state index is 11.2. The highest BCUT2D eigenvalue weighted by Gasteiger charge is 2.25. The van der Waals surface area contributed by atoms with Crippen LogP contribution in [0.2, 0.25) is 15.1 Å². The van der Waals surface area contributed by atoms with E-state index < -0.39 is 6.10 Å². The van der Waals surface area contributed by atoms with Crippen LogP contribution in [0.1, 0.15) is 17.2 Å². The highest BCUT2D eigenvalue weighted by atomic mass is 35.5. The van der Waals surface area contributed by atoms with Crippen LogP contribution in [0.5, 0.6) is 0 Å². The second-order valence-electron chi connectivity index (χ2n) is 6.10. The van der Waals surface area contributed by atoms with E-state index in [2.05, 4.69) is 9.36 Å². The maximum Gasteiger partial charge on any atom is 0.109 e. The third-order valence-electron chi connectivity index (χ3n) is 4.28. The van der Waals surface area contributed by atoms with Gasteiger partial charge in [0.15, 0.2) is 0 Å². The Bertz CT molecular complexity index is 1130. The third-order valence-corrected chi connectivity index (χ3v) is 5.95. The van der Waals surface area contributed by atoms with Gasteiger partial charge >= 0.3 is 0 Å². The van der Waals surface area contributed by atoms with Crippen LogP contribution in [0.3, 0.4) is 0 Å². The van der Waals surface area contributed by atoms with E-state index in [4.69, 9.17) is 34.8 Å². The zero-order valence-electron chi connectivity index (χ0n) is 14.3. The molecule has 7 heteroatoms. The van der Waals surface area contributed by atoms with E-state index in [1.165, 1.54) is 11.5 Å². The predicted octanol–water partition coefficient (Wildman–Crippen LogP) is 6.91. The van der Waals surface area contributed by atoms with Gasteiger partial charge in [0.05, 0.1) is 15.6 Å². The zero-order chi connectivity index (χ0) is 19.7. The van der Waals surface area contributed by atoms with Crippen molar-refractivity contribution in [1.82, 2.24) is 9.36 Å². The Balaban J connectivity index is 1.94. The van der Waals surface area contributed by atoms with Crippen molar-refractivity contribution in [3.8, 4) is 21.7 Å². The van der Waals surface area contributed by atoms with E-state index in [0.29, 0.717) is 31.9 Å². The summed E-state index contributed by atoms with van der Waals surface area (Å²) in [6.07, 6.45) is 2.37. The normalized spacial score (nSPS) is 12.1. The number of benzene rings is 2. The van der Waals surface area contributed by atoms with Gasteiger partial charge in [-0.25, -0.2) is 0 Å². The Kier molecular flexibility index (Phi) is 5.67. The second-order valence-corrected chi connectivity index (χ2v) is 8.15. The van der Waals surface area contributed by atoms with Crippen LogP contribution in [0.25, 0.3) is 21.7 Å². The summed E-state index contributed by atoms with van der Waals surface area (Å²) in [7, 11) is 0. The Labute approximate surface area is 181 Å². The molecule has 1 atom stereocenters. The molecule has 3 nitrogen and oxygen atoms in total. The second kappa shape index (κ2) is 8.19. The molecule has 2 aromatic heterocycles. The van der Waals surface area contributed by atoms with Crippen LogP contribution in [-0.4, -0.2) is 14.5 Å². The van der Waals surface area contributed by atoms with E-state index >= 15 is 0 Å². The maximum absolute atomic E-state index is 11.2. The van der Waals surface area contributed by atoms with Gasteiger partial charge in [-0.05, 0) is 41.9 Å². The summed E-state index contributed by atoms with van der Waals surface area (Å²) >= 11 is 19.9. The first kappa shape index (κ1) is 19.4. The highest BCUT2D eigenvalue weighted by Crippen LogP contribution is 2.44. The van der Waals surface area contributed by atoms with Crippen molar-refractivity contribution in [2.45, 2.75) is 6.10 Å². The van der Waals surface area contributed by atoms with Crippen molar-refractivity contribution in [2.75, 3.05) is 0 Å². The molecule has 0 fully saturated rings. The molecule has 4 aromatic rings. The van der Waals surface area contributed by atoms with Crippen LogP contribution in [-0.2, 0) is 0 Å². The quantitative estimate of drug-likeness (QED) is 0.369. The lowest BCUT2D eigenvalue weighted by atomic mass is 9.95. The molecule has 0 aliphatic heterocycles. The molecule has 0 bridgehead atoms. The molecule has 0 saturated heterocycles. The van der Waals surface area contributed by atoms with Crippen LogP contribution in [0.15, 0.2) is 67.0 Å². The lowest BCUT2D eigenvalue weighted by Gasteiger charge is -2.15. The van der Waals surface area contributed by atoms with Crippen LogP contribution in [0.4, 0.5) is 0 Å². The molecule has 1 unspecified atom stereocenters. The number of aliphatic hydroxyl groups is 1. The number of rotatable bonds is 4. The molecule has 0 amide bonds. The van der Waals surface area contributed by atoms with Crippen molar-refractivity contribution < 1.29 is 5.11 Å². The first-order chi connectivity index (χ1) is 13.5. The molecule has 0 saturated carbocycles. The summed E-state index contributed by atoms with van der Waals surface area (Å²) in [4.78, 5) is 4.89. The molecular weight excluding hydrogens is 435 g/mol. The van der Waals surface area contributed by atoms with E-state index in [9.17, 15) is 5.11 Å². The molecule has 2 heterocycles. The van der Waals surface area contributed by atoms with E-state index in [1.807, 2.05) is 30.3 Å². The summed E-state index contributed by atoms with van der Waals surface area (Å²) in [5.41, 5.74) is 3.56. The summed E-state index contributed by atoms with van der Waals surface area (Å²) in [5, 5.41) is 12.8. The number of pyridine rings is 1. The molecule has 0 spiro atoms. The molecule has 0 radical (unpaired) electrons. The van der Waals surface area contributed by atoms with Gasteiger partial charge in [-0.1, -0.05) is 59.1 Å². The first-order valence-corrected chi connectivity index (χ1v) is 10.2. The smallest absolute Gasteiger partial charge is 0.109 e. The highest BCUT2D eigenvalue weighted by molar-refractivity contribution is 7.10. The largest absolute Gasteiger partial charge is 0.383 e. The van der Waals surface area contributed by atoms with E-state index in [1.54, 1.807) is 36.7 Å². The number of halogens is 3. The van der Waals surface area contributed by atoms with Gasteiger partial charge in [-0.15, -0.1) is 0 Å². The molecule has 2 aromatic carbocycles. The van der Waals surface area contributed by atoms with Gasteiger partial charge in [0, 0.05) is 44.7 Å². The minimum atomic E-state index is -0.928. The van der Waals surface area contributed by atoms with Gasteiger partial charge in [-0.3, -0.25) is 4.98 Å². The fraction of sp³-hybridized carbons (Fsp3) is 0.0476. The number of hydrogen-bond acceptors (Lipinski definition) is 4. The lowest BCUT2D eigenvalue weighted by molar-refractivity contribution is 0.221. The molecule has 4 rings (SSSR count). The molecule has 0 aliphatic carbocycles. The fourth-order valence-corrected chi connectivity index (χ4v) is 4.69. The van der Waals surface area contributed by atoms with Crippen molar-refractivity contribution in [3.63, 3.8) is 0 Å². The summed E-state index contributed by atoms with van der Waals surface area (Å²) in [5.74, 6) is 0. The van der Waals surface area contributed by atoms with E-state index in [-0.39, 0.29) is 0 Å². The van der Waals surface area contributed by atoms with Crippen molar-refractivity contribution in [2.24, 2.45) is 0 Å². The van der Waals surface area contributed by atoms with Gasteiger partial charge in [0.1, 0.15) is 6.10 Å². The molecular formula is C21H13Cl3N2OS.